The van der Waals surface area contributed by atoms with Crippen molar-refractivity contribution < 1.29 is 19.1 Å². The van der Waals surface area contributed by atoms with Gasteiger partial charge >= 0.3 is 5.97 Å². The van der Waals surface area contributed by atoms with E-state index in [1.54, 1.807) is 36.6 Å². The molecular formula is C26H24BrN3O5S. The third kappa shape index (κ3) is 5.50. The van der Waals surface area contributed by atoms with E-state index in [4.69, 9.17) is 9.47 Å². The third-order valence-corrected chi connectivity index (χ3v) is 6.79. The van der Waals surface area contributed by atoms with Crippen LogP contribution >= 0.6 is 27.3 Å². The summed E-state index contributed by atoms with van der Waals surface area (Å²) in [5, 5.41) is 9.45. The number of esters is 1. The minimum absolute atomic E-state index is 0.00684. The Morgan fingerprint density at radius 1 is 1.11 bits per heavy atom. The van der Waals surface area contributed by atoms with Crippen molar-refractivity contribution in [2.24, 2.45) is 0 Å². The van der Waals surface area contributed by atoms with Gasteiger partial charge in [0.2, 0.25) is 0 Å². The first-order chi connectivity index (χ1) is 17.3. The maximum Gasteiger partial charge on any atom is 0.359 e. The molecule has 0 spiro atoms. The lowest BCUT2D eigenvalue weighted by Gasteiger charge is -2.11. The van der Waals surface area contributed by atoms with Crippen molar-refractivity contribution in [3.63, 3.8) is 0 Å². The maximum atomic E-state index is 13.4. The second kappa shape index (κ2) is 11.0. The van der Waals surface area contributed by atoms with Crippen LogP contribution in [0.1, 0.15) is 42.7 Å². The quantitative estimate of drug-likeness (QED) is 0.280. The van der Waals surface area contributed by atoms with Crippen molar-refractivity contribution in [1.82, 2.24) is 9.78 Å². The summed E-state index contributed by atoms with van der Waals surface area (Å²) in [7, 11) is 0. The summed E-state index contributed by atoms with van der Waals surface area (Å²) in [4.78, 5) is 38.8. The zero-order valence-electron chi connectivity index (χ0n) is 19.9. The molecule has 4 rings (SSSR count). The van der Waals surface area contributed by atoms with Gasteiger partial charge in [0.25, 0.3) is 11.5 Å². The number of hydrogen-bond acceptors (Lipinski definition) is 7. The molecule has 10 heteroatoms. The van der Waals surface area contributed by atoms with Crippen molar-refractivity contribution in [2.75, 3.05) is 18.5 Å². The molecule has 36 heavy (non-hydrogen) atoms. The Balaban J connectivity index is 1.65. The number of nitrogens with one attached hydrogen (secondary N) is 1. The SMILES string of the molecule is CCOC(=O)c1nn(-c2ccc(Br)cc2)c(=O)c2c(NC(=O)COc3ccc(C(C)C)cc3)scc12. The summed E-state index contributed by atoms with van der Waals surface area (Å²) >= 11 is 4.50. The number of amides is 1. The molecule has 0 atom stereocenters. The highest BCUT2D eigenvalue weighted by atomic mass is 79.9. The number of hydrogen-bond donors (Lipinski definition) is 1. The van der Waals surface area contributed by atoms with Gasteiger partial charge in [0.1, 0.15) is 10.8 Å². The number of halogens is 1. The van der Waals surface area contributed by atoms with E-state index in [9.17, 15) is 14.4 Å². The highest BCUT2D eigenvalue weighted by Crippen LogP contribution is 2.31. The van der Waals surface area contributed by atoms with E-state index in [2.05, 4.69) is 40.2 Å². The topological polar surface area (TPSA) is 99.5 Å². The van der Waals surface area contributed by atoms with E-state index in [1.807, 2.05) is 24.3 Å². The lowest BCUT2D eigenvalue weighted by atomic mass is 10.0. The number of anilines is 1. The highest BCUT2D eigenvalue weighted by Gasteiger charge is 2.23. The summed E-state index contributed by atoms with van der Waals surface area (Å²) in [5.74, 6) is -0.130. The molecule has 0 aliphatic heterocycles. The molecule has 0 aliphatic rings. The molecule has 186 valence electrons. The molecule has 0 unspecified atom stereocenters. The number of fused-ring (bicyclic) bond motifs is 1. The van der Waals surface area contributed by atoms with Gasteiger partial charge in [0, 0.05) is 15.2 Å². The van der Waals surface area contributed by atoms with Crippen LogP contribution in [0.2, 0.25) is 0 Å². The molecule has 4 aromatic rings. The molecule has 0 saturated heterocycles. The predicted molar refractivity (Wildman–Crippen MR) is 144 cm³/mol. The minimum Gasteiger partial charge on any atom is -0.484 e. The van der Waals surface area contributed by atoms with Gasteiger partial charge in [-0.3, -0.25) is 9.59 Å². The van der Waals surface area contributed by atoms with Crippen molar-refractivity contribution in [3.05, 3.63) is 80.0 Å². The Morgan fingerprint density at radius 2 is 1.81 bits per heavy atom. The number of benzene rings is 2. The van der Waals surface area contributed by atoms with Crippen LogP contribution in [-0.4, -0.2) is 34.9 Å². The number of aromatic nitrogens is 2. The molecule has 8 nitrogen and oxygen atoms in total. The number of rotatable bonds is 8. The Hall–Kier alpha value is -3.50. The third-order valence-electron chi connectivity index (χ3n) is 5.36. The Morgan fingerprint density at radius 3 is 2.44 bits per heavy atom. The van der Waals surface area contributed by atoms with Gasteiger partial charge in [-0.1, -0.05) is 41.9 Å². The van der Waals surface area contributed by atoms with Crippen LogP contribution in [0.3, 0.4) is 0 Å². The molecule has 1 N–H and O–H groups in total. The van der Waals surface area contributed by atoms with Crippen LogP contribution < -0.4 is 15.6 Å². The number of thiophene rings is 1. The first-order valence-electron chi connectivity index (χ1n) is 11.3. The van der Waals surface area contributed by atoms with Crippen molar-refractivity contribution >= 4 is 54.9 Å². The van der Waals surface area contributed by atoms with Crippen molar-refractivity contribution in [1.29, 1.82) is 0 Å². The fourth-order valence-corrected chi connectivity index (χ4v) is 4.73. The van der Waals surface area contributed by atoms with Gasteiger partial charge in [-0.05, 0) is 54.8 Å². The molecule has 2 heterocycles. The lowest BCUT2D eigenvalue weighted by molar-refractivity contribution is -0.118. The van der Waals surface area contributed by atoms with Crippen LogP contribution in [0.4, 0.5) is 5.00 Å². The van der Waals surface area contributed by atoms with Gasteiger partial charge in [-0.25, -0.2) is 4.79 Å². The van der Waals surface area contributed by atoms with Crippen LogP contribution in [0.15, 0.2) is 63.2 Å². The monoisotopic (exact) mass is 569 g/mol. The van der Waals surface area contributed by atoms with E-state index >= 15 is 0 Å². The van der Waals surface area contributed by atoms with E-state index < -0.39 is 17.4 Å². The largest absolute Gasteiger partial charge is 0.484 e. The summed E-state index contributed by atoms with van der Waals surface area (Å²) in [6.07, 6.45) is 0. The summed E-state index contributed by atoms with van der Waals surface area (Å²) < 4.78 is 12.7. The molecule has 0 aliphatic carbocycles. The van der Waals surface area contributed by atoms with Crippen LogP contribution in [0.5, 0.6) is 5.75 Å². The molecule has 0 radical (unpaired) electrons. The van der Waals surface area contributed by atoms with E-state index in [0.717, 1.165) is 20.5 Å². The summed E-state index contributed by atoms with van der Waals surface area (Å²) in [6.45, 7) is 5.81. The smallest absolute Gasteiger partial charge is 0.359 e. The molecule has 2 aromatic carbocycles. The Bertz CT molecular complexity index is 1460. The van der Waals surface area contributed by atoms with Crippen LogP contribution in [0.25, 0.3) is 16.5 Å². The predicted octanol–water partition coefficient (Wildman–Crippen LogP) is 5.53. The molecular weight excluding hydrogens is 546 g/mol. The first kappa shape index (κ1) is 25.6. The number of ether oxygens (including phenoxy) is 2. The average Bonchev–Trinajstić information content (AvgIpc) is 3.28. The molecule has 1 amide bonds. The fourth-order valence-electron chi connectivity index (χ4n) is 3.51. The van der Waals surface area contributed by atoms with Gasteiger partial charge < -0.3 is 14.8 Å². The minimum atomic E-state index is -0.655. The lowest BCUT2D eigenvalue weighted by Crippen LogP contribution is -2.26. The van der Waals surface area contributed by atoms with Gasteiger partial charge in [0.05, 0.1) is 17.7 Å². The zero-order valence-corrected chi connectivity index (χ0v) is 22.3. The standard InChI is InChI=1S/C26H24BrN3O5S/c1-4-34-26(33)23-20-14-36-24(22(20)25(32)30(29-23)18-9-7-17(27)8-10-18)28-21(31)13-35-19-11-5-16(6-12-19)15(2)3/h5-12,14-15H,4,13H2,1-3H3,(H,28,31). The molecule has 0 saturated carbocycles. The Kier molecular flexibility index (Phi) is 7.85. The van der Waals surface area contributed by atoms with Crippen molar-refractivity contribution in [2.45, 2.75) is 26.7 Å². The fraction of sp³-hybridized carbons (Fsp3) is 0.231. The summed E-state index contributed by atoms with van der Waals surface area (Å²) in [6, 6.07) is 14.5. The zero-order chi connectivity index (χ0) is 25.8. The summed E-state index contributed by atoms with van der Waals surface area (Å²) in [5.41, 5.74) is 1.16. The van der Waals surface area contributed by atoms with Crippen LogP contribution in [-0.2, 0) is 9.53 Å². The first-order valence-corrected chi connectivity index (χ1v) is 13.0. The second-order valence-electron chi connectivity index (χ2n) is 8.18. The van der Waals surface area contributed by atoms with E-state index in [1.165, 1.54) is 5.56 Å². The molecule has 2 aromatic heterocycles. The van der Waals surface area contributed by atoms with Crippen LogP contribution in [0, 0.1) is 0 Å². The van der Waals surface area contributed by atoms with Gasteiger partial charge in [-0.15, -0.1) is 11.3 Å². The second-order valence-corrected chi connectivity index (χ2v) is 9.97. The van der Waals surface area contributed by atoms with E-state index in [-0.39, 0.29) is 24.3 Å². The Labute approximate surface area is 220 Å². The highest BCUT2D eigenvalue weighted by molar-refractivity contribution is 9.10. The number of carbonyl (C=O) groups is 2. The molecule has 0 bridgehead atoms. The van der Waals surface area contributed by atoms with E-state index in [0.29, 0.717) is 27.7 Å². The maximum absolute atomic E-state index is 13.4. The number of nitrogens with zero attached hydrogens (tertiary/aromatic N) is 2. The normalized spacial score (nSPS) is 11.0. The van der Waals surface area contributed by atoms with Gasteiger partial charge in [-0.2, -0.15) is 9.78 Å². The average molecular weight is 570 g/mol. The van der Waals surface area contributed by atoms with Gasteiger partial charge in [0.15, 0.2) is 12.3 Å². The van der Waals surface area contributed by atoms with Crippen molar-refractivity contribution in [3.8, 4) is 11.4 Å². The molecule has 0 fully saturated rings. The number of carbonyl (C=O) groups excluding carboxylic acids is 2.